The molecule has 2 rings (SSSR count). The summed E-state index contributed by atoms with van der Waals surface area (Å²) in [4.78, 5) is 14.4. The van der Waals surface area contributed by atoms with Crippen molar-refractivity contribution in [3.05, 3.63) is 0 Å². The van der Waals surface area contributed by atoms with Gasteiger partial charge in [-0.25, -0.2) is 0 Å². The number of nitrogens with one attached hydrogen (secondary N) is 1. The Morgan fingerprint density at radius 2 is 2.00 bits per heavy atom. The van der Waals surface area contributed by atoms with Crippen LogP contribution in [0.3, 0.4) is 0 Å². The van der Waals surface area contributed by atoms with Gasteiger partial charge in [-0.05, 0) is 26.7 Å². The van der Waals surface area contributed by atoms with E-state index in [0.29, 0.717) is 18.0 Å². The molecule has 0 radical (unpaired) electrons. The number of amides is 1. The molecule has 0 aliphatic carbocycles. The molecule has 0 aromatic heterocycles. The van der Waals surface area contributed by atoms with Gasteiger partial charge < -0.3 is 15.0 Å². The maximum atomic E-state index is 12.4. The van der Waals surface area contributed by atoms with Gasteiger partial charge in [-0.3, -0.25) is 4.79 Å². The van der Waals surface area contributed by atoms with Gasteiger partial charge in [-0.15, -0.1) is 0 Å². The van der Waals surface area contributed by atoms with Crippen molar-refractivity contribution in [3.63, 3.8) is 0 Å². The second kappa shape index (κ2) is 5.15. The van der Waals surface area contributed by atoms with Crippen molar-refractivity contribution in [1.29, 1.82) is 0 Å². The van der Waals surface area contributed by atoms with Crippen molar-refractivity contribution in [2.24, 2.45) is 5.92 Å². The minimum Gasteiger partial charge on any atom is -0.381 e. The number of carbonyl (C=O) groups is 1. The van der Waals surface area contributed by atoms with Gasteiger partial charge in [-0.1, -0.05) is 0 Å². The first-order chi connectivity index (χ1) is 7.68. The number of carbonyl (C=O) groups excluding carboxylic acids is 1. The van der Waals surface area contributed by atoms with Crippen LogP contribution < -0.4 is 5.32 Å². The van der Waals surface area contributed by atoms with Crippen LogP contribution in [0.5, 0.6) is 0 Å². The molecule has 2 fully saturated rings. The first kappa shape index (κ1) is 11.9. The smallest absolute Gasteiger partial charge is 0.226 e. The van der Waals surface area contributed by atoms with Crippen molar-refractivity contribution >= 4 is 5.91 Å². The summed E-state index contributed by atoms with van der Waals surface area (Å²) in [6.45, 7) is 7.50. The Kier molecular flexibility index (Phi) is 3.82. The van der Waals surface area contributed by atoms with E-state index in [1.807, 2.05) is 0 Å². The van der Waals surface area contributed by atoms with E-state index in [1.54, 1.807) is 0 Å². The largest absolute Gasteiger partial charge is 0.381 e. The van der Waals surface area contributed by atoms with E-state index in [1.165, 1.54) is 0 Å². The van der Waals surface area contributed by atoms with E-state index in [0.717, 1.165) is 39.1 Å². The van der Waals surface area contributed by atoms with Crippen molar-refractivity contribution < 1.29 is 9.53 Å². The van der Waals surface area contributed by atoms with Crippen molar-refractivity contribution in [2.75, 3.05) is 26.3 Å². The molecule has 0 aromatic carbocycles. The quantitative estimate of drug-likeness (QED) is 0.713. The molecule has 4 nitrogen and oxygen atoms in total. The average Bonchev–Trinajstić information content (AvgIpc) is 2.32. The Hall–Kier alpha value is -0.610. The maximum Gasteiger partial charge on any atom is 0.226 e. The molecular formula is C12H22N2O2. The molecule has 0 saturated carbocycles. The molecule has 0 aromatic rings. The zero-order chi connectivity index (χ0) is 11.5. The van der Waals surface area contributed by atoms with E-state index in [4.69, 9.17) is 4.74 Å². The van der Waals surface area contributed by atoms with Gasteiger partial charge in [0.15, 0.2) is 0 Å². The zero-order valence-corrected chi connectivity index (χ0v) is 10.2. The van der Waals surface area contributed by atoms with E-state index in [2.05, 4.69) is 24.1 Å². The number of hydrogen-bond acceptors (Lipinski definition) is 3. The van der Waals surface area contributed by atoms with Crippen LogP contribution >= 0.6 is 0 Å². The molecule has 2 unspecified atom stereocenters. The first-order valence-electron chi connectivity index (χ1n) is 6.30. The van der Waals surface area contributed by atoms with E-state index in [9.17, 15) is 4.79 Å². The Morgan fingerprint density at radius 3 is 2.69 bits per heavy atom. The van der Waals surface area contributed by atoms with Gasteiger partial charge in [0.2, 0.25) is 5.91 Å². The lowest BCUT2D eigenvalue weighted by Gasteiger charge is -2.40. The summed E-state index contributed by atoms with van der Waals surface area (Å²) < 4.78 is 5.30. The molecule has 1 N–H and O–H groups in total. The summed E-state index contributed by atoms with van der Waals surface area (Å²) in [5.41, 5.74) is 0. The summed E-state index contributed by atoms with van der Waals surface area (Å²) in [6, 6.07) is 0.742. The van der Waals surface area contributed by atoms with Crippen LogP contribution in [0.4, 0.5) is 0 Å². The molecule has 2 atom stereocenters. The number of nitrogens with zero attached hydrogens (tertiary/aromatic N) is 1. The third kappa shape index (κ3) is 2.55. The summed E-state index contributed by atoms with van der Waals surface area (Å²) in [5.74, 6) is 0.533. The van der Waals surface area contributed by atoms with Gasteiger partial charge in [0.1, 0.15) is 0 Å². The highest BCUT2D eigenvalue weighted by atomic mass is 16.5. The minimum atomic E-state index is 0.196. The third-order valence-electron chi connectivity index (χ3n) is 3.62. The Morgan fingerprint density at radius 1 is 1.31 bits per heavy atom. The predicted octanol–water partition coefficient (Wildman–Crippen LogP) is 0.622. The fourth-order valence-corrected chi connectivity index (χ4v) is 2.51. The fourth-order valence-electron chi connectivity index (χ4n) is 2.51. The SMILES string of the molecule is CC1CN(C(=O)C2CCOCC2)C(C)CN1. The molecule has 2 saturated heterocycles. The average molecular weight is 226 g/mol. The lowest BCUT2D eigenvalue weighted by molar-refractivity contribution is -0.142. The molecule has 2 heterocycles. The Bertz CT molecular complexity index is 251. The van der Waals surface area contributed by atoms with E-state index < -0.39 is 0 Å². The van der Waals surface area contributed by atoms with Gasteiger partial charge >= 0.3 is 0 Å². The highest BCUT2D eigenvalue weighted by Crippen LogP contribution is 2.20. The summed E-state index contributed by atoms with van der Waals surface area (Å²) in [7, 11) is 0. The second-order valence-electron chi connectivity index (χ2n) is 5.04. The standard InChI is InChI=1S/C12H22N2O2/c1-9-8-14(10(2)7-13-9)12(15)11-3-5-16-6-4-11/h9-11,13H,3-8H2,1-2H3. The van der Waals surface area contributed by atoms with Gasteiger partial charge in [0.25, 0.3) is 0 Å². The highest BCUT2D eigenvalue weighted by molar-refractivity contribution is 5.79. The van der Waals surface area contributed by atoms with Gasteiger partial charge in [0.05, 0.1) is 0 Å². The molecular weight excluding hydrogens is 204 g/mol. The van der Waals surface area contributed by atoms with Gasteiger partial charge in [-0.2, -0.15) is 0 Å². The number of rotatable bonds is 1. The molecule has 2 aliphatic heterocycles. The molecule has 92 valence electrons. The van der Waals surface area contributed by atoms with Crippen LogP contribution in [0.1, 0.15) is 26.7 Å². The third-order valence-corrected chi connectivity index (χ3v) is 3.62. The first-order valence-corrected chi connectivity index (χ1v) is 6.30. The molecule has 1 amide bonds. The molecule has 0 bridgehead atoms. The lowest BCUT2D eigenvalue weighted by Crippen LogP contribution is -2.57. The molecule has 0 spiro atoms. The van der Waals surface area contributed by atoms with Crippen molar-refractivity contribution in [2.45, 2.75) is 38.8 Å². The van der Waals surface area contributed by atoms with Crippen LogP contribution in [-0.4, -0.2) is 49.2 Å². The van der Waals surface area contributed by atoms with Crippen LogP contribution in [-0.2, 0) is 9.53 Å². The molecule has 16 heavy (non-hydrogen) atoms. The Labute approximate surface area is 97.3 Å². The lowest BCUT2D eigenvalue weighted by atomic mass is 9.97. The number of hydrogen-bond donors (Lipinski definition) is 1. The number of piperazine rings is 1. The van der Waals surface area contributed by atoms with Gasteiger partial charge in [0, 0.05) is 44.3 Å². The monoisotopic (exact) mass is 226 g/mol. The second-order valence-corrected chi connectivity index (χ2v) is 5.04. The minimum absolute atomic E-state index is 0.196. The highest BCUT2D eigenvalue weighted by Gasteiger charge is 2.32. The predicted molar refractivity (Wildman–Crippen MR) is 62.2 cm³/mol. The van der Waals surface area contributed by atoms with Crippen LogP contribution in [0.2, 0.25) is 0 Å². The Balaban J connectivity index is 1.96. The fraction of sp³-hybridized carbons (Fsp3) is 0.917. The van der Waals surface area contributed by atoms with Crippen LogP contribution in [0.15, 0.2) is 0 Å². The summed E-state index contributed by atoms with van der Waals surface area (Å²) in [5, 5.41) is 3.40. The van der Waals surface area contributed by atoms with Crippen LogP contribution in [0, 0.1) is 5.92 Å². The summed E-state index contributed by atoms with van der Waals surface area (Å²) >= 11 is 0. The van der Waals surface area contributed by atoms with E-state index in [-0.39, 0.29) is 5.92 Å². The zero-order valence-electron chi connectivity index (χ0n) is 10.2. The molecule has 2 aliphatic rings. The molecule has 4 heteroatoms. The number of ether oxygens (including phenoxy) is 1. The topological polar surface area (TPSA) is 41.6 Å². The van der Waals surface area contributed by atoms with Crippen molar-refractivity contribution in [3.8, 4) is 0 Å². The summed E-state index contributed by atoms with van der Waals surface area (Å²) in [6.07, 6.45) is 1.79. The maximum absolute atomic E-state index is 12.4. The van der Waals surface area contributed by atoms with E-state index >= 15 is 0 Å². The van der Waals surface area contributed by atoms with Crippen LogP contribution in [0.25, 0.3) is 0 Å². The normalized spacial score (nSPS) is 32.8. The van der Waals surface area contributed by atoms with Crippen molar-refractivity contribution in [1.82, 2.24) is 10.2 Å².